The Labute approximate surface area is 113 Å². The minimum absolute atomic E-state index is 0.173. The van der Waals surface area contributed by atoms with Crippen LogP contribution in [-0.2, 0) is 0 Å². The molecule has 2 fully saturated rings. The van der Waals surface area contributed by atoms with Gasteiger partial charge in [0, 0.05) is 11.6 Å². The number of nitrogens with one attached hydrogen (secondary N) is 1. The van der Waals surface area contributed by atoms with Gasteiger partial charge < -0.3 is 5.32 Å². The first-order chi connectivity index (χ1) is 9.15. The molecule has 0 heterocycles. The summed E-state index contributed by atoms with van der Waals surface area (Å²) < 4.78 is 28.3. The van der Waals surface area contributed by atoms with Crippen molar-refractivity contribution in [1.82, 2.24) is 5.32 Å². The third kappa shape index (κ3) is 2.08. The van der Waals surface area contributed by atoms with E-state index in [-0.39, 0.29) is 17.4 Å². The van der Waals surface area contributed by atoms with Crippen molar-refractivity contribution < 1.29 is 8.78 Å². The predicted molar refractivity (Wildman–Crippen MR) is 71.8 cm³/mol. The summed E-state index contributed by atoms with van der Waals surface area (Å²) in [6.45, 7) is 1.70. The molecule has 3 atom stereocenters. The van der Waals surface area contributed by atoms with Crippen molar-refractivity contribution in [2.24, 2.45) is 17.8 Å². The summed E-state index contributed by atoms with van der Waals surface area (Å²) in [6, 6.07) is 2.73. The Morgan fingerprint density at radius 1 is 1.16 bits per heavy atom. The number of aryl methyl sites for hydroxylation is 1. The van der Waals surface area contributed by atoms with E-state index < -0.39 is 5.82 Å². The van der Waals surface area contributed by atoms with Gasteiger partial charge in [0.2, 0.25) is 0 Å². The number of hydrogen-bond donors (Lipinski definition) is 1. The maximum absolute atomic E-state index is 14.3. The maximum atomic E-state index is 14.3. The number of halogens is 2. The van der Waals surface area contributed by atoms with Crippen molar-refractivity contribution in [3.05, 3.63) is 34.9 Å². The molecule has 2 saturated carbocycles. The first-order valence-corrected chi connectivity index (χ1v) is 7.27. The minimum atomic E-state index is -0.411. The molecular weight excluding hydrogens is 244 g/mol. The van der Waals surface area contributed by atoms with E-state index in [4.69, 9.17) is 0 Å². The Kier molecular flexibility index (Phi) is 3.34. The first-order valence-electron chi connectivity index (χ1n) is 7.27. The summed E-state index contributed by atoms with van der Waals surface area (Å²) >= 11 is 0. The zero-order chi connectivity index (χ0) is 13.6. The number of rotatable bonds is 3. The van der Waals surface area contributed by atoms with Crippen LogP contribution in [0, 0.1) is 36.3 Å². The van der Waals surface area contributed by atoms with Gasteiger partial charge in [0.25, 0.3) is 0 Å². The molecule has 1 aromatic carbocycles. The number of benzene rings is 1. The van der Waals surface area contributed by atoms with Gasteiger partial charge in [-0.3, -0.25) is 0 Å². The average molecular weight is 265 g/mol. The van der Waals surface area contributed by atoms with Gasteiger partial charge in [-0.15, -0.1) is 0 Å². The van der Waals surface area contributed by atoms with Crippen LogP contribution in [0.25, 0.3) is 0 Å². The fourth-order valence-corrected chi connectivity index (χ4v) is 4.03. The highest BCUT2D eigenvalue weighted by Gasteiger charge is 2.54. The molecule has 0 saturated heterocycles. The highest BCUT2D eigenvalue weighted by molar-refractivity contribution is 5.31. The molecule has 0 radical (unpaired) electrons. The lowest BCUT2D eigenvalue weighted by Crippen LogP contribution is -2.23. The molecule has 19 heavy (non-hydrogen) atoms. The second-order valence-corrected chi connectivity index (χ2v) is 6.05. The number of fused-ring (bicyclic) bond motifs is 1. The van der Waals surface area contributed by atoms with E-state index in [1.54, 1.807) is 6.92 Å². The number of hydrogen-bond acceptors (Lipinski definition) is 1. The summed E-state index contributed by atoms with van der Waals surface area (Å²) in [7, 11) is 1.82. The summed E-state index contributed by atoms with van der Waals surface area (Å²) in [5, 5.41) is 3.17. The predicted octanol–water partition coefficient (Wildman–Crippen LogP) is 3.97. The van der Waals surface area contributed by atoms with E-state index in [0.717, 1.165) is 0 Å². The summed E-state index contributed by atoms with van der Waals surface area (Å²) in [5.41, 5.74) is 0.780. The Hall–Kier alpha value is -0.960. The molecule has 0 aliphatic heterocycles. The third-order valence-corrected chi connectivity index (χ3v) is 5.05. The lowest BCUT2D eigenvalue weighted by Gasteiger charge is -2.19. The summed E-state index contributed by atoms with van der Waals surface area (Å²) in [5.74, 6) is 0.975. The Bertz CT molecular complexity index is 474. The van der Waals surface area contributed by atoms with Gasteiger partial charge >= 0.3 is 0 Å². The molecule has 0 aromatic heterocycles. The van der Waals surface area contributed by atoms with Gasteiger partial charge in [0.05, 0.1) is 0 Å². The van der Waals surface area contributed by atoms with Crippen LogP contribution in [0.1, 0.15) is 42.9 Å². The van der Waals surface area contributed by atoms with E-state index in [1.807, 2.05) is 7.05 Å². The van der Waals surface area contributed by atoms with Gasteiger partial charge in [-0.2, -0.15) is 0 Å². The fourth-order valence-electron chi connectivity index (χ4n) is 4.03. The van der Waals surface area contributed by atoms with Crippen molar-refractivity contribution in [2.45, 2.75) is 38.6 Å². The molecule has 1 N–H and O–H groups in total. The van der Waals surface area contributed by atoms with Crippen LogP contribution >= 0.6 is 0 Å². The molecule has 0 bridgehead atoms. The molecule has 3 heteroatoms. The smallest absolute Gasteiger partial charge is 0.133 e. The topological polar surface area (TPSA) is 12.0 Å². The highest BCUT2D eigenvalue weighted by atomic mass is 19.1. The van der Waals surface area contributed by atoms with Crippen LogP contribution in [0.2, 0.25) is 0 Å². The third-order valence-electron chi connectivity index (χ3n) is 5.05. The minimum Gasteiger partial charge on any atom is -0.313 e. The van der Waals surface area contributed by atoms with Crippen LogP contribution in [0.15, 0.2) is 12.1 Å². The van der Waals surface area contributed by atoms with Crippen molar-refractivity contribution in [3.63, 3.8) is 0 Å². The van der Waals surface area contributed by atoms with E-state index in [1.165, 1.54) is 37.8 Å². The second kappa shape index (κ2) is 4.86. The van der Waals surface area contributed by atoms with Crippen LogP contribution in [0.5, 0.6) is 0 Å². The molecule has 2 aliphatic carbocycles. The quantitative estimate of drug-likeness (QED) is 0.872. The summed E-state index contributed by atoms with van der Waals surface area (Å²) in [6.07, 6.45) is 4.99. The fraction of sp³-hybridized carbons (Fsp3) is 0.625. The van der Waals surface area contributed by atoms with Gasteiger partial charge in [-0.25, -0.2) is 8.78 Å². The SMILES string of the molecule is CNC(c1c(F)ccc(C)c1F)C1C2CCCCC21. The van der Waals surface area contributed by atoms with Crippen molar-refractivity contribution in [2.75, 3.05) is 7.05 Å². The zero-order valence-electron chi connectivity index (χ0n) is 11.5. The van der Waals surface area contributed by atoms with E-state index >= 15 is 0 Å². The van der Waals surface area contributed by atoms with Gasteiger partial charge in [-0.05, 0) is 56.2 Å². The first kappa shape index (κ1) is 13.0. The Morgan fingerprint density at radius 2 is 1.79 bits per heavy atom. The van der Waals surface area contributed by atoms with Crippen LogP contribution in [-0.4, -0.2) is 7.05 Å². The molecule has 2 aliphatic rings. The Morgan fingerprint density at radius 3 is 2.37 bits per heavy atom. The molecule has 1 aromatic rings. The molecule has 1 nitrogen and oxygen atoms in total. The molecule has 3 rings (SSSR count). The Balaban J connectivity index is 1.93. The van der Waals surface area contributed by atoms with Gasteiger partial charge in [0.1, 0.15) is 11.6 Å². The summed E-state index contributed by atoms with van der Waals surface area (Å²) in [4.78, 5) is 0. The van der Waals surface area contributed by atoms with Crippen molar-refractivity contribution >= 4 is 0 Å². The zero-order valence-corrected chi connectivity index (χ0v) is 11.5. The molecule has 0 spiro atoms. The largest absolute Gasteiger partial charge is 0.313 e. The van der Waals surface area contributed by atoms with Gasteiger partial charge in [0.15, 0.2) is 0 Å². The van der Waals surface area contributed by atoms with Crippen LogP contribution in [0.4, 0.5) is 8.78 Å². The van der Waals surface area contributed by atoms with Crippen molar-refractivity contribution in [3.8, 4) is 0 Å². The van der Waals surface area contributed by atoms with E-state index in [0.29, 0.717) is 23.3 Å². The van der Waals surface area contributed by atoms with Crippen molar-refractivity contribution in [1.29, 1.82) is 0 Å². The standard InChI is InChI=1S/C16H21F2N/c1-9-7-8-12(17)14(15(9)18)16(19-2)13-10-5-3-4-6-11(10)13/h7-8,10-11,13,16,19H,3-6H2,1-2H3. The van der Waals surface area contributed by atoms with Crippen LogP contribution < -0.4 is 5.32 Å². The van der Waals surface area contributed by atoms with E-state index in [9.17, 15) is 8.78 Å². The monoisotopic (exact) mass is 265 g/mol. The maximum Gasteiger partial charge on any atom is 0.133 e. The van der Waals surface area contributed by atoms with Crippen LogP contribution in [0.3, 0.4) is 0 Å². The van der Waals surface area contributed by atoms with Gasteiger partial charge in [-0.1, -0.05) is 18.9 Å². The molecule has 0 amide bonds. The van der Waals surface area contributed by atoms with E-state index in [2.05, 4.69) is 5.32 Å². The lowest BCUT2D eigenvalue weighted by atomic mass is 9.97. The molecule has 104 valence electrons. The normalized spacial score (nSPS) is 30.8. The molecular formula is C16H21F2N. The average Bonchev–Trinajstić information content (AvgIpc) is 3.13. The second-order valence-electron chi connectivity index (χ2n) is 6.05. The molecule has 3 unspecified atom stereocenters. The highest BCUT2D eigenvalue weighted by Crippen LogP contribution is 2.60. The lowest BCUT2D eigenvalue weighted by molar-refractivity contribution is 0.430.